The Labute approximate surface area is 129 Å². The van der Waals surface area contributed by atoms with Crippen molar-refractivity contribution in [2.75, 3.05) is 0 Å². The van der Waals surface area contributed by atoms with E-state index in [1.807, 2.05) is 34.8 Å². The van der Waals surface area contributed by atoms with Gasteiger partial charge in [-0.05, 0) is 12.8 Å². The van der Waals surface area contributed by atoms with Gasteiger partial charge in [0.15, 0.2) is 16.6 Å². The monoisotopic (exact) mass is 309 g/mol. The zero-order valence-electron chi connectivity index (χ0n) is 11.5. The van der Waals surface area contributed by atoms with E-state index >= 15 is 0 Å². The molecule has 0 amide bonds. The van der Waals surface area contributed by atoms with Gasteiger partial charge in [-0.2, -0.15) is 9.61 Å². The Morgan fingerprint density at radius 1 is 1.14 bits per heavy atom. The summed E-state index contributed by atoms with van der Waals surface area (Å²) < 4.78 is 7.30. The molecule has 3 aromatic heterocycles. The normalized spacial score (nSPS) is 14.7. The molecule has 1 aliphatic carbocycles. The summed E-state index contributed by atoms with van der Waals surface area (Å²) in [7, 11) is 0. The molecule has 1 aliphatic rings. The molecule has 0 aliphatic heterocycles. The Morgan fingerprint density at radius 3 is 2.82 bits per heavy atom. The van der Waals surface area contributed by atoms with Crippen LogP contribution in [0.15, 0.2) is 41.1 Å². The van der Waals surface area contributed by atoms with Crippen LogP contribution >= 0.6 is 11.3 Å². The molecule has 108 valence electrons. The summed E-state index contributed by atoms with van der Waals surface area (Å²) in [5, 5.41) is 17.9. The first-order valence-corrected chi connectivity index (χ1v) is 7.94. The number of benzene rings is 1. The minimum Gasteiger partial charge on any atom is -0.356 e. The van der Waals surface area contributed by atoms with Crippen molar-refractivity contribution in [2.45, 2.75) is 18.8 Å². The molecular weight excluding hydrogens is 298 g/mol. The van der Waals surface area contributed by atoms with E-state index < -0.39 is 0 Å². The lowest BCUT2D eigenvalue weighted by Crippen LogP contribution is -1.93. The number of rotatable bonds is 3. The number of hydrogen-bond acceptors (Lipinski definition) is 6. The van der Waals surface area contributed by atoms with E-state index in [0.29, 0.717) is 5.92 Å². The SMILES string of the molecule is c1ccc(-c2oncc2-c2nn3c(C4CC4)nnc3s2)cc1. The van der Waals surface area contributed by atoms with Gasteiger partial charge in [-0.15, -0.1) is 10.2 Å². The highest BCUT2D eigenvalue weighted by Gasteiger charge is 2.30. The van der Waals surface area contributed by atoms with Crippen LogP contribution in [0.1, 0.15) is 24.6 Å². The Hall–Kier alpha value is -2.54. The molecule has 0 bridgehead atoms. The van der Waals surface area contributed by atoms with Crippen molar-refractivity contribution in [2.24, 2.45) is 0 Å². The Morgan fingerprint density at radius 2 is 2.00 bits per heavy atom. The first kappa shape index (κ1) is 12.0. The maximum Gasteiger partial charge on any atom is 0.234 e. The van der Waals surface area contributed by atoms with E-state index in [-0.39, 0.29) is 0 Å². The summed E-state index contributed by atoms with van der Waals surface area (Å²) in [6.45, 7) is 0. The summed E-state index contributed by atoms with van der Waals surface area (Å²) in [5.41, 5.74) is 1.88. The third kappa shape index (κ3) is 1.79. The molecule has 22 heavy (non-hydrogen) atoms. The van der Waals surface area contributed by atoms with Crippen LogP contribution in [0.5, 0.6) is 0 Å². The zero-order chi connectivity index (χ0) is 14.5. The first-order valence-electron chi connectivity index (χ1n) is 7.13. The molecule has 7 heteroatoms. The van der Waals surface area contributed by atoms with Crippen LogP contribution in [0.25, 0.3) is 26.9 Å². The molecule has 0 atom stereocenters. The van der Waals surface area contributed by atoms with Crippen molar-refractivity contribution in [3.05, 3.63) is 42.4 Å². The molecule has 5 rings (SSSR count). The average molecular weight is 309 g/mol. The lowest BCUT2D eigenvalue weighted by molar-refractivity contribution is 0.432. The predicted octanol–water partition coefficient (Wildman–Crippen LogP) is 3.39. The van der Waals surface area contributed by atoms with Gasteiger partial charge in [-0.3, -0.25) is 0 Å². The van der Waals surface area contributed by atoms with E-state index in [4.69, 9.17) is 4.52 Å². The van der Waals surface area contributed by atoms with Crippen molar-refractivity contribution in [3.63, 3.8) is 0 Å². The van der Waals surface area contributed by atoms with E-state index in [1.54, 1.807) is 6.20 Å². The summed E-state index contributed by atoms with van der Waals surface area (Å²) in [6, 6.07) is 9.93. The lowest BCUT2D eigenvalue weighted by Gasteiger charge is -1.97. The zero-order valence-corrected chi connectivity index (χ0v) is 12.3. The average Bonchev–Trinajstić information content (AvgIpc) is 2.99. The van der Waals surface area contributed by atoms with Gasteiger partial charge in [0.25, 0.3) is 0 Å². The summed E-state index contributed by atoms with van der Waals surface area (Å²) in [6.07, 6.45) is 4.07. The molecule has 0 unspecified atom stereocenters. The highest BCUT2D eigenvalue weighted by molar-refractivity contribution is 7.19. The minimum atomic E-state index is 0.515. The molecule has 6 nitrogen and oxygen atoms in total. The molecule has 4 aromatic rings. The van der Waals surface area contributed by atoms with Gasteiger partial charge in [0.05, 0.1) is 11.8 Å². The van der Waals surface area contributed by atoms with E-state index in [2.05, 4.69) is 20.5 Å². The minimum absolute atomic E-state index is 0.515. The molecule has 0 radical (unpaired) electrons. The van der Waals surface area contributed by atoms with E-state index in [0.717, 1.165) is 32.7 Å². The van der Waals surface area contributed by atoms with Crippen LogP contribution < -0.4 is 0 Å². The lowest BCUT2D eigenvalue weighted by atomic mass is 10.1. The van der Waals surface area contributed by atoms with Gasteiger partial charge in [-0.1, -0.05) is 46.8 Å². The van der Waals surface area contributed by atoms with Crippen molar-refractivity contribution in [3.8, 4) is 21.9 Å². The Bertz CT molecular complexity index is 951. The van der Waals surface area contributed by atoms with Crippen LogP contribution in [-0.2, 0) is 0 Å². The van der Waals surface area contributed by atoms with Gasteiger partial charge in [-0.25, -0.2) is 0 Å². The maximum atomic E-state index is 5.44. The maximum absolute atomic E-state index is 5.44. The summed E-state index contributed by atoms with van der Waals surface area (Å²) in [4.78, 5) is 0.817. The van der Waals surface area contributed by atoms with Crippen LogP contribution in [0, 0.1) is 0 Å². The van der Waals surface area contributed by atoms with Gasteiger partial charge in [0.2, 0.25) is 4.96 Å². The fraction of sp³-hybridized carbons (Fsp3) is 0.200. The van der Waals surface area contributed by atoms with Crippen LogP contribution in [0.3, 0.4) is 0 Å². The van der Waals surface area contributed by atoms with Crippen molar-refractivity contribution < 1.29 is 4.52 Å². The molecule has 1 aromatic carbocycles. The second-order valence-electron chi connectivity index (χ2n) is 5.37. The number of aromatic nitrogens is 5. The quantitative estimate of drug-likeness (QED) is 0.580. The topological polar surface area (TPSA) is 69.1 Å². The van der Waals surface area contributed by atoms with E-state index in [9.17, 15) is 0 Å². The predicted molar refractivity (Wildman–Crippen MR) is 81.6 cm³/mol. The second-order valence-corrected chi connectivity index (χ2v) is 6.32. The van der Waals surface area contributed by atoms with Crippen molar-refractivity contribution in [1.29, 1.82) is 0 Å². The fourth-order valence-corrected chi connectivity index (χ4v) is 3.38. The third-order valence-corrected chi connectivity index (χ3v) is 4.73. The van der Waals surface area contributed by atoms with Gasteiger partial charge < -0.3 is 4.52 Å². The smallest absolute Gasteiger partial charge is 0.234 e. The molecular formula is C15H11N5OS. The number of hydrogen-bond donors (Lipinski definition) is 0. The highest BCUT2D eigenvalue weighted by Crippen LogP contribution is 2.40. The van der Waals surface area contributed by atoms with Crippen LogP contribution in [0.4, 0.5) is 0 Å². The summed E-state index contributed by atoms with van der Waals surface area (Å²) >= 11 is 1.51. The van der Waals surface area contributed by atoms with Crippen molar-refractivity contribution >= 4 is 16.3 Å². The molecule has 3 heterocycles. The molecule has 0 N–H and O–H groups in total. The van der Waals surface area contributed by atoms with E-state index in [1.165, 1.54) is 24.2 Å². The van der Waals surface area contributed by atoms with Gasteiger partial charge in [0.1, 0.15) is 0 Å². The van der Waals surface area contributed by atoms with Crippen LogP contribution in [-0.4, -0.2) is 25.0 Å². The second kappa shape index (κ2) is 4.48. The number of fused-ring (bicyclic) bond motifs is 1. The molecule has 0 saturated heterocycles. The first-order chi connectivity index (χ1) is 10.9. The fourth-order valence-electron chi connectivity index (χ4n) is 2.53. The summed E-state index contributed by atoms with van der Waals surface area (Å²) in [5.74, 6) is 2.22. The molecule has 1 saturated carbocycles. The largest absolute Gasteiger partial charge is 0.356 e. The number of nitrogens with zero attached hydrogens (tertiary/aromatic N) is 5. The standard InChI is InChI=1S/C15H11N5OS/c1-2-4-9(5-3-1)12-11(8-16-21-12)14-19-20-13(10-6-7-10)17-18-15(20)22-14/h1-5,8,10H,6-7H2. The Kier molecular flexibility index (Phi) is 2.45. The van der Waals surface area contributed by atoms with Crippen molar-refractivity contribution in [1.82, 2.24) is 25.0 Å². The van der Waals surface area contributed by atoms with Gasteiger partial charge >= 0.3 is 0 Å². The van der Waals surface area contributed by atoms with Crippen LogP contribution in [0.2, 0.25) is 0 Å². The third-order valence-electron chi connectivity index (χ3n) is 3.79. The molecule has 0 spiro atoms. The highest BCUT2D eigenvalue weighted by atomic mass is 32.1. The van der Waals surface area contributed by atoms with Gasteiger partial charge in [0, 0.05) is 11.5 Å². The molecule has 1 fully saturated rings. The Balaban J connectivity index is 1.65.